The smallest absolute Gasteiger partial charge is 0.407 e. The summed E-state index contributed by atoms with van der Waals surface area (Å²) in [6, 6.07) is 0. The predicted octanol–water partition coefficient (Wildman–Crippen LogP) is 1.59. The van der Waals surface area contributed by atoms with Gasteiger partial charge in [0.25, 0.3) is 0 Å². The molecule has 82 valence electrons. The van der Waals surface area contributed by atoms with E-state index in [1.165, 1.54) is 7.05 Å². The first kappa shape index (κ1) is 12.9. The highest BCUT2D eigenvalue weighted by molar-refractivity contribution is 5.87. The number of rotatable bonds is 4. The van der Waals surface area contributed by atoms with Crippen molar-refractivity contribution >= 4 is 11.9 Å². The van der Waals surface area contributed by atoms with Gasteiger partial charge in [-0.05, 0) is 5.92 Å². The van der Waals surface area contributed by atoms with E-state index in [0.717, 1.165) is 0 Å². The van der Waals surface area contributed by atoms with E-state index in [-0.39, 0.29) is 17.6 Å². The summed E-state index contributed by atoms with van der Waals surface area (Å²) in [6.45, 7) is 7.30. The van der Waals surface area contributed by atoms with Crippen molar-refractivity contribution in [2.75, 3.05) is 7.05 Å². The minimum absolute atomic E-state index is 0.00204. The highest BCUT2D eigenvalue weighted by atomic mass is 16.6. The van der Waals surface area contributed by atoms with Crippen LogP contribution in [0.25, 0.3) is 0 Å². The Hall–Kier alpha value is -1.06. The molecule has 0 aromatic heterocycles. The van der Waals surface area contributed by atoms with Crippen molar-refractivity contribution in [1.29, 1.82) is 0 Å². The second kappa shape index (κ2) is 5.62. The lowest BCUT2D eigenvalue weighted by atomic mass is 9.96. The number of carbonyl (C=O) groups excluding carboxylic acids is 2. The van der Waals surface area contributed by atoms with Crippen LogP contribution in [0.1, 0.15) is 27.7 Å². The predicted molar refractivity (Wildman–Crippen MR) is 54.0 cm³/mol. The standard InChI is InChI=1S/C10H19NO3/c1-6(2)8(12)9(7(3)4)14-10(13)11-5/h6-7,9H,1-5H3,(H,11,13). The Morgan fingerprint density at radius 1 is 1.14 bits per heavy atom. The second-order valence-corrected chi connectivity index (χ2v) is 3.88. The molecule has 0 saturated heterocycles. The normalized spacial score (nSPS) is 12.8. The van der Waals surface area contributed by atoms with Crippen molar-refractivity contribution in [2.45, 2.75) is 33.8 Å². The molecule has 0 heterocycles. The monoisotopic (exact) mass is 201 g/mol. The van der Waals surface area contributed by atoms with E-state index in [2.05, 4.69) is 5.32 Å². The number of nitrogens with one attached hydrogen (secondary N) is 1. The minimum Gasteiger partial charge on any atom is -0.438 e. The summed E-state index contributed by atoms with van der Waals surface area (Å²) >= 11 is 0. The van der Waals surface area contributed by atoms with Crippen LogP contribution < -0.4 is 5.32 Å². The molecule has 4 heteroatoms. The van der Waals surface area contributed by atoms with Gasteiger partial charge in [0.05, 0.1) is 0 Å². The number of ketones is 1. The van der Waals surface area contributed by atoms with Gasteiger partial charge in [0.2, 0.25) is 0 Å². The molecule has 0 aromatic rings. The van der Waals surface area contributed by atoms with Crippen LogP contribution in [0, 0.1) is 11.8 Å². The maximum Gasteiger partial charge on any atom is 0.407 e. The minimum atomic E-state index is -0.644. The number of ether oxygens (including phenoxy) is 1. The third-order valence-electron chi connectivity index (χ3n) is 1.89. The molecule has 0 radical (unpaired) electrons. The Kier molecular flexibility index (Phi) is 5.20. The molecule has 4 nitrogen and oxygen atoms in total. The first-order valence-electron chi connectivity index (χ1n) is 4.82. The van der Waals surface area contributed by atoms with E-state index in [0.29, 0.717) is 0 Å². The van der Waals surface area contributed by atoms with Crippen molar-refractivity contribution in [2.24, 2.45) is 11.8 Å². The van der Waals surface area contributed by atoms with Crippen LogP contribution in [0.4, 0.5) is 4.79 Å². The Balaban J connectivity index is 4.45. The maximum atomic E-state index is 11.6. The molecule has 14 heavy (non-hydrogen) atoms. The zero-order valence-corrected chi connectivity index (χ0v) is 9.46. The second-order valence-electron chi connectivity index (χ2n) is 3.88. The van der Waals surface area contributed by atoms with E-state index in [1.54, 1.807) is 13.8 Å². The molecular formula is C10H19NO3. The molecule has 1 atom stereocenters. The van der Waals surface area contributed by atoms with Gasteiger partial charge in [0.15, 0.2) is 11.9 Å². The van der Waals surface area contributed by atoms with Gasteiger partial charge in [0, 0.05) is 13.0 Å². The van der Waals surface area contributed by atoms with Crippen LogP contribution >= 0.6 is 0 Å². The Labute approximate surface area is 85.0 Å². The average Bonchev–Trinajstić information content (AvgIpc) is 2.11. The topological polar surface area (TPSA) is 55.4 Å². The Bertz CT molecular complexity index is 211. The molecule has 0 rings (SSSR count). The maximum absolute atomic E-state index is 11.6. The largest absolute Gasteiger partial charge is 0.438 e. The van der Waals surface area contributed by atoms with E-state index < -0.39 is 12.2 Å². The van der Waals surface area contributed by atoms with Crippen LogP contribution in [0.5, 0.6) is 0 Å². The van der Waals surface area contributed by atoms with Crippen molar-refractivity contribution in [1.82, 2.24) is 5.32 Å². The van der Waals surface area contributed by atoms with Gasteiger partial charge >= 0.3 is 6.09 Å². The zero-order chi connectivity index (χ0) is 11.3. The summed E-state index contributed by atoms with van der Waals surface area (Å²) in [4.78, 5) is 22.6. The molecule has 0 aliphatic rings. The van der Waals surface area contributed by atoms with Gasteiger partial charge in [-0.25, -0.2) is 4.79 Å². The molecule has 0 saturated carbocycles. The zero-order valence-electron chi connectivity index (χ0n) is 9.46. The van der Waals surface area contributed by atoms with Crippen LogP contribution in [0.3, 0.4) is 0 Å². The van der Waals surface area contributed by atoms with Crippen LogP contribution in [0.15, 0.2) is 0 Å². The van der Waals surface area contributed by atoms with Gasteiger partial charge in [0.1, 0.15) is 0 Å². The molecule has 0 bridgehead atoms. The summed E-state index contributed by atoms with van der Waals surface area (Å²) in [5, 5.41) is 2.33. The molecule has 0 aliphatic carbocycles. The Morgan fingerprint density at radius 2 is 1.64 bits per heavy atom. The van der Waals surface area contributed by atoms with Crippen molar-refractivity contribution < 1.29 is 14.3 Å². The van der Waals surface area contributed by atoms with E-state index in [4.69, 9.17) is 4.74 Å². The van der Waals surface area contributed by atoms with Crippen LogP contribution in [-0.4, -0.2) is 25.0 Å². The lowest BCUT2D eigenvalue weighted by molar-refractivity contribution is -0.132. The van der Waals surface area contributed by atoms with Gasteiger partial charge in [-0.1, -0.05) is 27.7 Å². The fourth-order valence-corrected chi connectivity index (χ4v) is 1.03. The fraction of sp³-hybridized carbons (Fsp3) is 0.800. The van der Waals surface area contributed by atoms with Crippen molar-refractivity contribution in [3.63, 3.8) is 0 Å². The number of hydrogen-bond donors (Lipinski definition) is 1. The number of hydrogen-bond acceptors (Lipinski definition) is 3. The summed E-state index contributed by atoms with van der Waals surface area (Å²) in [5.74, 6) is -0.155. The molecule has 0 aromatic carbocycles. The van der Waals surface area contributed by atoms with E-state index >= 15 is 0 Å². The highest BCUT2D eigenvalue weighted by Gasteiger charge is 2.27. The molecule has 0 spiro atoms. The van der Waals surface area contributed by atoms with E-state index in [1.807, 2.05) is 13.8 Å². The SMILES string of the molecule is CNC(=O)OC(C(=O)C(C)C)C(C)C. The molecule has 1 amide bonds. The van der Waals surface area contributed by atoms with E-state index in [9.17, 15) is 9.59 Å². The summed E-state index contributed by atoms with van der Waals surface area (Å²) in [5.41, 5.74) is 0. The fourth-order valence-electron chi connectivity index (χ4n) is 1.03. The van der Waals surface area contributed by atoms with Crippen LogP contribution in [0.2, 0.25) is 0 Å². The van der Waals surface area contributed by atoms with Gasteiger partial charge in [-0.2, -0.15) is 0 Å². The third-order valence-corrected chi connectivity index (χ3v) is 1.89. The summed E-state index contributed by atoms with van der Waals surface area (Å²) < 4.78 is 4.98. The number of Topliss-reactive ketones (excluding diaryl/α,β-unsaturated/α-hetero) is 1. The van der Waals surface area contributed by atoms with Gasteiger partial charge in [-0.15, -0.1) is 0 Å². The molecule has 1 unspecified atom stereocenters. The van der Waals surface area contributed by atoms with Crippen molar-refractivity contribution in [3.8, 4) is 0 Å². The third kappa shape index (κ3) is 3.77. The lowest BCUT2D eigenvalue weighted by Gasteiger charge is -2.21. The van der Waals surface area contributed by atoms with Gasteiger partial charge in [-0.3, -0.25) is 4.79 Å². The number of alkyl carbamates (subject to hydrolysis) is 1. The lowest BCUT2D eigenvalue weighted by Crippen LogP contribution is -2.37. The molecule has 0 aliphatic heterocycles. The summed E-state index contributed by atoms with van der Waals surface area (Å²) in [6.07, 6.45) is -1.20. The molecule has 1 N–H and O–H groups in total. The van der Waals surface area contributed by atoms with Crippen LogP contribution in [-0.2, 0) is 9.53 Å². The number of carbonyl (C=O) groups is 2. The first-order chi connectivity index (χ1) is 6.40. The average molecular weight is 201 g/mol. The van der Waals surface area contributed by atoms with Crippen molar-refractivity contribution in [3.05, 3.63) is 0 Å². The number of amides is 1. The Morgan fingerprint density at radius 3 is 1.93 bits per heavy atom. The quantitative estimate of drug-likeness (QED) is 0.751. The molecule has 0 fully saturated rings. The highest BCUT2D eigenvalue weighted by Crippen LogP contribution is 2.12. The van der Waals surface area contributed by atoms with Gasteiger partial charge < -0.3 is 10.1 Å². The molecular weight excluding hydrogens is 182 g/mol. The summed E-state index contributed by atoms with van der Waals surface area (Å²) in [7, 11) is 1.47. The first-order valence-corrected chi connectivity index (χ1v) is 4.82.